The third kappa shape index (κ3) is 2.64. The fraction of sp³-hybridized carbons (Fsp3) is 0.500. The number of aryl methyl sites for hydroxylation is 1. The van der Waals surface area contributed by atoms with Crippen LogP contribution in [0.1, 0.15) is 29.8 Å². The van der Waals surface area contributed by atoms with Crippen LogP contribution in [0.5, 0.6) is 0 Å². The SMILES string of the molecule is Cc1ccc(N)cc1C(=O)N1C[C@@H](C)O[C@@H](C)C1. The number of nitrogens with two attached hydrogens (primary N) is 1. The molecule has 1 saturated heterocycles. The molecule has 1 aromatic carbocycles. The number of rotatable bonds is 1. The van der Waals surface area contributed by atoms with E-state index in [1.165, 1.54) is 0 Å². The number of carbonyl (C=O) groups is 1. The average molecular weight is 248 g/mol. The monoisotopic (exact) mass is 248 g/mol. The van der Waals surface area contributed by atoms with Crippen LogP contribution in [0.15, 0.2) is 18.2 Å². The maximum Gasteiger partial charge on any atom is 0.254 e. The lowest BCUT2D eigenvalue weighted by atomic mass is 10.1. The van der Waals surface area contributed by atoms with Gasteiger partial charge >= 0.3 is 0 Å². The highest BCUT2D eigenvalue weighted by Crippen LogP contribution is 2.18. The largest absolute Gasteiger partial charge is 0.399 e. The predicted octanol–water partition coefficient (Wildman–Crippen LogP) is 1.83. The molecule has 0 radical (unpaired) electrons. The van der Waals surface area contributed by atoms with Crippen molar-refractivity contribution in [2.75, 3.05) is 18.8 Å². The summed E-state index contributed by atoms with van der Waals surface area (Å²) >= 11 is 0. The standard InChI is InChI=1S/C14H20N2O2/c1-9-4-5-12(15)6-13(9)14(17)16-7-10(2)18-11(3)8-16/h4-6,10-11H,7-8,15H2,1-3H3/t10-,11+. The molecule has 18 heavy (non-hydrogen) atoms. The summed E-state index contributed by atoms with van der Waals surface area (Å²) in [6.07, 6.45) is 0.165. The molecule has 1 aliphatic rings. The van der Waals surface area contributed by atoms with Crippen LogP contribution < -0.4 is 5.73 Å². The second-order valence-corrected chi connectivity index (χ2v) is 5.04. The van der Waals surface area contributed by atoms with E-state index in [0.29, 0.717) is 24.3 Å². The molecule has 4 nitrogen and oxygen atoms in total. The Balaban J connectivity index is 2.22. The molecule has 1 aliphatic heterocycles. The molecule has 0 bridgehead atoms. The lowest BCUT2D eigenvalue weighted by Gasteiger charge is -2.35. The first-order valence-electron chi connectivity index (χ1n) is 6.28. The van der Waals surface area contributed by atoms with E-state index in [-0.39, 0.29) is 18.1 Å². The normalized spacial score (nSPS) is 24.1. The zero-order valence-corrected chi connectivity index (χ0v) is 11.1. The van der Waals surface area contributed by atoms with Crippen LogP contribution in [0.2, 0.25) is 0 Å². The second kappa shape index (κ2) is 4.98. The van der Waals surface area contributed by atoms with Crippen LogP contribution >= 0.6 is 0 Å². The van der Waals surface area contributed by atoms with Gasteiger partial charge in [0.25, 0.3) is 5.91 Å². The summed E-state index contributed by atoms with van der Waals surface area (Å²) < 4.78 is 5.64. The van der Waals surface area contributed by atoms with Crippen molar-refractivity contribution in [1.82, 2.24) is 4.90 Å². The van der Waals surface area contributed by atoms with E-state index in [9.17, 15) is 4.79 Å². The van der Waals surface area contributed by atoms with Gasteiger partial charge in [-0.3, -0.25) is 4.79 Å². The number of anilines is 1. The molecule has 2 N–H and O–H groups in total. The lowest BCUT2D eigenvalue weighted by Crippen LogP contribution is -2.48. The molecule has 1 amide bonds. The summed E-state index contributed by atoms with van der Waals surface area (Å²) in [5.41, 5.74) is 8.03. The molecular weight excluding hydrogens is 228 g/mol. The Morgan fingerprint density at radius 3 is 2.56 bits per heavy atom. The van der Waals surface area contributed by atoms with Gasteiger partial charge in [0.05, 0.1) is 12.2 Å². The van der Waals surface area contributed by atoms with Crippen LogP contribution in [0, 0.1) is 6.92 Å². The molecule has 0 aliphatic carbocycles. The number of nitrogen functional groups attached to an aromatic ring is 1. The number of nitrogens with zero attached hydrogens (tertiary/aromatic N) is 1. The summed E-state index contributed by atoms with van der Waals surface area (Å²) in [7, 11) is 0. The van der Waals surface area contributed by atoms with Gasteiger partial charge in [0.1, 0.15) is 0 Å². The Hall–Kier alpha value is -1.55. The number of hydrogen-bond donors (Lipinski definition) is 1. The minimum Gasteiger partial charge on any atom is -0.399 e. The highest BCUT2D eigenvalue weighted by Gasteiger charge is 2.27. The van der Waals surface area contributed by atoms with Crippen molar-refractivity contribution in [2.24, 2.45) is 0 Å². The number of hydrogen-bond acceptors (Lipinski definition) is 3. The van der Waals surface area contributed by atoms with Gasteiger partial charge in [-0.15, -0.1) is 0 Å². The fourth-order valence-corrected chi connectivity index (χ4v) is 2.38. The molecular formula is C14H20N2O2. The van der Waals surface area contributed by atoms with Gasteiger partial charge in [-0.05, 0) is 38.5 Å². The Bertz CT molecular complexity index is 449. The van der Waals surface area contributed by atoms with Crippen LogP contribution in [0.3, 0.4) is 0 Å². The number of morpholine rings is 1. The lowest BCUT2D eigenvalue weighted by molar-refractivity contribution is -0.0586. The van der Waals surface area contributed by atoms with E-state index in [1.54, 1.807) is 6.07 Å². The first kappa shape index (κ1) is 12.9. The maximum absolute atomic E-state index is 12.5. The van der Waals surface area contributed by atoms with Crippen LogP contribution in [-0.4, -0.2) is 36.1 Å². The molecule has 2 rings (SSSR count). The van der Waals surface area contributed by atoms with Crippen molar-refractivity contribution in [3.8, 4) is 0 Å². The number of carbonyl (C=O) groups excluding carboxylic acids is 1. The minimum atomic E-state index is 0.0433. The zero-order valence-electron chi connectivity index (χ0n) is 11.1. The topological polar surface area (TPSA) is 55.6 Å². The quantitative estimate of drug-likeness (QED) is 0.771. The van der Waals surface area contributed by atoms with E-state index in [0.717, 1.165) is 5.56 Å². The van der Waals surface area contributed by atoms with Gasteiger partial charge in [0, 0.05) is 24.3 Å². The van der Waals surface area contributed by atoms with E-state index in [1.807, 2.05) is 37.8 Å². The van der Waals surface area contributed by atoms with Crippen molar-refractivity contribution in [3.63, 3.8) is 0 Å². The first-order valence-corrected chi connectivity index (χ1v) is 6.28. The van der Waals surface area contributed by atoms with Gasteiger partial charge in [-0.1, -0.05) is 6.07 Å². The van der Waals surface area contributed by atoms with Crippen molar-refractivity contribution < 1.29 is 9.53 Å². The first-order chi connectivity index (χ1) is 8.47. The number of benzene rings is 1. The number of ether oxygens (including phenoxy) is 1. The van der Waals surface area contributed by atoms with Crippen molar-refractivity contribution in [2.45, 2.75) is 33.0 Å². The molecule has 0 aromatic heterocycles. The Morgan fingerprint density at radius 2 is 1.94 bits per heavy atom. The molecule has 0 spiro atoms. The Morgan fingerprint density at radius 1 is 1.33 bits per heavy atom. The van der Waals surface area contributed by atoms with Gasteiger partial charge in [0.15, 0.2) is 0 Å². The van der Waals surface area contributed by atoms with Crippen LogP contribution in [0.25, 0.3) is 0 Å². The highest BCUT2D eigenvalue weighted by molar-refractivity contribution is 5.96. The summed E-state index contributed by atoms with van der Waals surface area (Å²) in [5, 5.41) is 0. The molecule has 1 fully saturated rings. The van der Waals surface area contributed by atoms with Crippen LogP contribution in [0.4, 0.5) is 5.69 Å². The van der Waals surface area contributed by atoms with E-state index < -0.39 is 0 Å². The second-order valence-electron chi connectivity index (χ2n) is 5.04. The minimum absolute atomic E-state index is 0.0433. The predicted molar refractivity (Wildman–Crippen MR) is 71.5 cm³/mol. The zero-order chi connectivity index (χ0) is 13.3. The highest BCUT2D eigenvalue weighted by atomic mass is 16.5. The van der Waals surface area contributed by atoms with Crippen molar-refractivity contribution >= 4 is 11.6 Å². The molecule has 98 valence electrons. The molecule has 1 aromatic rings. The van der Waals surface area contributed by atoms with Crippen molar-refractivity contribution in [3.05, 3.63) is 29.3 Å². The fourth-order valence-electron chi connectivity index (χ4n) is 2.38. The van der Waals surface area contributed by atoms with Gasteiger partial charge < -0.3 is 15.4 Å². The number of amides is 1. The molecule has 0 saturated carbocycles. The van der Waals surface area contributed by atoms with Crippen molar-refractivity contribution in [1.29, 1.82) is 0 Å². The third-order valence-corrected chi connectivity index (χ3v) is 3.20. The molecule has 4 heteroatoms. The smallest absolute Gasteiger partial charge is 0.254 e. The summed E-state index contributed by atoms with van der Waals surface area (Å²) in [6.45, 7) is 7.18. The van der Waals surface area contributed by atoms with E-state index >= 15 is 0 Å². The summed E-state index contributed by atoms with van der Waals surface area (Å²) in [6, 6.07) is 5.45. The van der Waals surface area contributed by atoms with Gasteiger partial charge in [-0.25, -0.2) is 0 Å². The third-order valence-electron chi connectivity index (χ3n) is 3.20. The molecule has 2 atom stereocenters. The Labute approximate surface area is 108 Å². The molecule has 0 unspecified atom stereocenters. The summed E-state index contributed by atoms with van der Waals surface area (Å²) in [4.78, 5) is 14.3. The maximum atomic E-state index is 12.5. The summed E-state index contributed by atoms with van der Waals surface area (Å²) in [5.74, 6) is 0.0433. The molecule has 1 heterocycles. The average Bonchev–Trinajstić information content (AvgIpc) is 2.30. The van der Waals surface area contributed by atoms with Gasteiger partial charge in [-0.2, -0.15) is 0 Å². The van der Waals surface area contributed by atoms with E-state index in [2.05, 4.69) is 0 Å². The Kier molecular flexibility index (Phi) is 3.57. The van der Waals surface area contributed by atoms with Crippen LogP contribution in [-0.2, 0) is 4.74 Å². The van der Waals surface area contributed by atoms with Gasteiger partial charge in [0.2, 0.25) is 0 Å². The van der Waals surface area contributed by atoms with E-state index in [4.69, 9.17) is 10.5 Å².